The second-order valence-corrected chi connectivity index (χ2v) is 9.04. The fraction of sp³-hybridized carbons (Fsp3) is 0.217. The molecule has 0 amide bonds. The molecule has 0 aliphatic heterocycles. The molecular weight excluding hydrogens is 459 g/mol. The Hall–Kier alpha value is -2.41. The molecule has 162 valence electrons. The first kappa shape index (κ1) is 23.3. The monoisotopic (exact) mass is 478 g/mol. The zero-order valence-corrected chi connectivity index (χ0v) is 19.6. The second-order valence-electron chi connectivity index (χ2n) is 7.35. The number of benzene rings is 2. The van der Waals surface area contributed by atoms with Crippen LogP contribution in [0.15, 0.2) is 45.7 Å². The van der Waals surface area contributed by atoms with Gasteiger partial charge in [-0.05, 0) is 69.0 Å². The van der Waals surface area contributed by atoms with Crippen molar-refractivity contribution in [1.82, 2.24) is 0 Å². The molecule has 0 unspecified atom stereocenters. The number of fused-ring (bicyclic) bond motifs is 1. The van der Waals surface area contributed by atoms with E-state index in [0.717, 1.165) is 15.8 Å². The maximum atomic E-state index is 12.7. The average Bonchev–Trinajstić information content (AvgIpc) is 3.04. The second kappa shape index (κ2) is 8.99. The first-order valence-corrected chi connectivity index (χ1v) is 11.2. The number of halogens is 2. The van der Waals surface area contributed by atoms with Gasteiger partial charge < -0.3 is 14.3 Å². The van der Waals surface area contributed by atoms with Gasteiger partial charge in [-0.3, -0.25) is 4.79 Å². The first-order chi connectivity index (χ1) is 14.5. The molecule has 0 atom stereocenters. The lowest BCUT2D eigenvalue weighted by Gasteiger charge is -2.23. The molecule has 2 aromatic carbocycles. The Kier molecular flexibility index (Phi) is 6.74. The van der Waals surface area contributed by atoms with Crippen LogP contribution in [0.25, 0.3) is 17.0 Å². The number of furan rings is 1. The van der Waals surface area contributed by atoms with E-state index >= 15 is 0 Å². The van der Waals surface area contributed by atoms with Gasteiger partial charge in [0.25, 0.3) is 0 Å². The van der Waals surface area contributed by atoms with E-state index in [-0.39, 0.29) is 27.3 Å². The molecule has 31 heavy (non-hydrogen) atoms. The third-order valence-electron chi connectivity index (χ3n) is 4.69. The highest BCUT2D eigenvalue weighted by atomic mass is 35.5. The summed E-state index contributed by atoms with van der Waals surface area (Å²) < 4.78 is 11.3. The van der Waals surface area contributed by atoms with Crippen LogP contribution in [-0.4, -0.2) is 28.7 Å². The SMILES string of the molecule is CSc1ccc2c(C)c(C(=O)C=Cc3cc(Cl)c(OC(C)(C)C(=O)O)c(Cl)c3)oc2c1. The third-order valence-corrected chi connectivity index (χ3v) is 5.98. The molecule has 0 bridgehead atoms. The van der Waals surface area contributed by atoms with Crippen LogP contribution in [0.5, 0.6) is 5.75 Å². The van der Waals surface area contributed by atoms with Crippen molar-refractivity contribution in [3.63, 3.8) is 0 Å². The first-order valence-electron chi connectivity index (χ1n) is 9.24. The van der Waals surface area contributed by atoms with Crippen molar-refractivity contribution in [3.8, 4) is 5.75 Å². The Labute approximate surface area is 194 Å². The van der Waals surface area contributed by atoms with Gasteiger partial charge in [-0.1, -0.05) is 29.3 Å². The predicted octanol–water partition coefficient (Wildman–Crippen LogP) is 6.91. The van der Waals surface area contributed by atoms with Crippen molar-refractivity contribution < 1.29 is 23.8 Å². The Morgan fingerprint density at radius 2 is 1.81 bits per heavy atom. The molecule has 0 saturated carbocycles. The Morgan fingerprint density at radius 3 is 2.39 bits per heavy atom. The van der Waals surface area contributed by atoms with E-state index in [0.29, 0.717) is 11.1 Å². The Balaban J connectivity index is 1.86. The highest BCUT2D eigenvalue weighted by Crippen LogP contribution is 2.37. The fourth-order valence-electron chi connectivity index (χ4n) is 2.89. The molecule has 0 fully saturated rings. The van der Waals surface area contributed by atoms with Crippen molar-refractivity contribution in [3.05, 3.63) is 63.3 Å². The lowest BCUT2D eigenvalue weighted by atomic mass is 10.1. The smallest absolute Gasteiger partial charge is 0.347 e. The average molecular weight is 479 g/mol. The number of hydrogen-bond donors (Lipinski definition) is 1. The number of carboxylic acids is 1. The van der Waals surface area contributed by atoms with Gasteiger partial charge in [0.05, 0.1) is 10.0 Å². The summed E-state index contributed by atoms with van der Waals surface area (Å²) in [7, 11) is 0. The van der Waals surface area contributed by atoms with Gasteiger partial charge in [0, 0.05) is 15.8 Å². The standard InChI is InChI=1S/C23H20Cl2O5S/c1-12-15-7-6-14(31-4)11-19(15)29-20(12)18(26)8-5-13-9-16(24)21(17(25)10-13)30-23(2,3)22(27)28/h5-11H,1-4H3,(H,27,28). The predicted molar refractivity (Wildman–Crippen MR) is 125 cm³/mol. The number of carbonyl (C=O) groups excluding carboxylic acids is 1. The molecule has 0 spiro atoms. The molecule has 5 nitrogen and oxygen atoms in total. The molecule has 3 aromatic rings. The van der Waals surface area contributed by atoms with Crippen LogP contribution in [0.4, 0.5) is 0 Å². The Bertz CT molecular complexity index is 1190. The number of allylic oxidation sites excluding steroid dienone is 1. The largest absolute Gasteiger partial charge is 0.478 e. The lowest BCUT2D eigenvalue weighted by molar-refractivity contribution is -0.152. The van der Waals surface area contributed by atoms with Crippen LogP contribution < -0.4 is 4.74 Å². The highest BCUT2D eigenvalue weighted by Gasteiger charge is 2.31. The number of hydrogen-bond acceptors (Lipinski definition) is 5. The van der Waals surface area contributed by atoms with E-state index in [1.54, 1.807) is 30.0 Å². The fourth-order valence-corrected chi connectivity index (χ4v) is 3.90. The molecule has 8 heteroatoms. The van der Waals surface area contributed by atoms with Crippen LogP contribution in [0.1, 0.15) is 35.5 Å². The van der Waals surface area contributed by atoms with E-state index in [1.165, 1.54) is 19.9 Å². The van der Waals surface area contributed by atoms with Crippen LogP contribution >= 0.6 is 35.0 Å². The maximum absolute atomic E-state index is 12.7. The van der Waals surface area contributed by atoms with Crippen molar-refractivity contribution in [1.29, 1.82) is 0 Å². The summed E-state index contributed by atoms with van der Waals surface area (Å²) in [5, 5.41) is 10.4. The van der Waals surface area contributed by atoms with Crippen LogP contribution in [0.2, 0.25) is 10.0 Å². The summed E-state index contributed by atoms with van der Waals surface area (Å²) >= 11 is 14.1. The molecule has 0 aliphatic rings. The summed E-state index contributed by atoms with van der Waals surface area (Å²) in [6.45, 7) is 4.63. The van der Waals surface area contributed by atoms with Crippen molar-refractivity contribution in [2.45, 2.75) is 31.3 Å². The highest BCUT2D eigenvalue weighted by molar-refractivity contribution is 7.98. The van der Waals surface area contributed by atoms with Crippen LogP contribution in [-0.2, 0) is 4.79 Å². The van der Waals surface area contributed by atoms with Gasteiger partial charge in [0.15, 0.2) is 17.1 Å². The number of aryl methyl sites for hydroxylation is 1. The number of thioether (sulfide) groups is 1. The van der Waals surface area contributed by atoms with Crippen LogP contribution in [0, 0.1) is 6.92 Å². The van der Waals surface area contributed by atoms with Gasteiger partial charge in [0.1, 0.15) is 5.58 Å². The summed E-state index contributed by atoms with van der Waals surface area (Å²) in [6, 6.07) is 8.92. The number of rotatable bonds is 7. The molecule has 1 aromatic heterocycles. The summed E-state index contributed by atoms with van der Waals surface area (Å²) in [6.07, 6.45) is 4.91. The normalized spacial score (nSPS) is 11.9. The maximum Gasteiger partial charge on any atom is 0.347 e. The van der Waals surface area contributed by atoms with E-state index in [1.807, 2.05) is 31.4 Å². The summed E-state index contributed by atoms with van der Waals surface area (Å²) in [5.74, 6) is -1.11. The van der Waals surface area contributed by atoms with Crippen molar-refractivity contribution >= 4 is 63.8 Å². The number of ether oxygens (including phenoxy) is 1. The molecule has 0 saturated heterocycles. The van der Waals surface area contributed by atoms with Crippen LogP contribution in [0.3, 0.4) is 0 Å². The zero-order chi connectivity index (χ0) is 22.9. The van der Waals surface area contributed by atoms with Gasteiger partial charge in [-0.25, -0.2) is 4.79 Å². The minimum atomic E-state index is -1.50. The lowest BCUT2D eigenvalue weighted by Crippen LogP contribution is -2.38. The quantitative estimate of drug-likeness (QED) is 0.226. The summed E-state index contributed by atoms with van der Waals surface area (Å²) in [5.41, 5.74) is 0.486. The topological polar surface area (TPSA) is 76.7 Å². The minimum absolute atomic E-state index is 0.0666. The number of aliphatic carboxylic acids is 1. The van der Waals surface area contributed by atoms with Gasteiger partial charge in [-0.2, -0.15) is 0 Å². The molecule has 0 radical (unpaired) electrons. The minimum Gasteiger partial charge on any atom is -0.478 e. The van der Waals surface area contributed by atoms with Crippen molar-refractivity contribution in [2.24, 2.45) is 0 Å². The van der Waals surface area contributed by atoms with Crippen molar-refractivity contribution in [2.75, 3.05) is 6.26 Å². The van der Waals surface area contributed by atoms with Gasteiger partial charge in [0.2, 0.25) is 5.78 Å². The number of carboxylic acid groups (broad SMARTS) is 1. The summed E-state index contributed by atoms with van der Waals surface area (Å²) in [4.78, 5) is 25.1. The van der Waals surface area contributed by atoms with E-state index in [4.69, 9.17) is 32.4 Å². The molecule has 0 aliphatic carbocycles. The molecule has 1 heterocycles. The number of ketones is 1. The van der Waals surface area contributed by atoms with E-state index in [2.05, 4.69) is 0 Å². The van der Waals surface area contributed by atoms with Gasteiger partial charge in [-0.15, -0.1) is 11.8 Å². The molecule has 1 N–H and O–H groups in total. The zero-order valence-electron chi connectivity index (χ0n) is 17.3. The Morgan fingerprint density at radius 1 is 1.16 bits per heavy atom. The van der Waals surface area contributed by atoms with E-state index in [9.17, 15) is 14.7 Å². The number of carbonyl (C=O) groups is 2. The molecule has 3 rings (SSSR count). The third kappa shape index (κ3) is 4.92. The molecular formula is C23H20Cl2O5S. The van der Waals surface area contributed by atoms with Gasteiger partial charge >= 0.3 is 5.97 Å². The van der Waals surface area contributed by atoms with E-state index < -0.39 is 11.6 Å².